The second kappa shape index (κ2) is 9.25. The fraction of sp³-hybridized carbons (Fsp3) is 0.500. The van der Waals surface area contributed by atoms with Gasteiger partial charge in [-0.15, -0.1) is 5.73 Å². The maximum Gasteiger partial charge on any atom is 0.342 e. The van der Waals surface area contributed by atoms with Crippen LogP contribution in [0.4, 0.5) is 0 Å². The van der Waals surface area contributed by atoms with Gasteiger partial charge in [-0.25, -0.2) is 9.59 Å². The van der Waals surface area contributed by atoms with Crippen LogP contribution in [-0.4, -0.2) is 25.2 Å². The molecule has 0 aliphatic carbocycles. The Balaban J connectivity index is 4.32. The maximum atomic E-state index is 11.5. The van der Waals surface area contributed by atoms with Gasteiger partial charge in [0.1, 0.15) is 0 Å². The van der Waals surface area contributed by atoms with Gasteiger partial charge in [0.05, 0.1) is 18.8 Å². The Hall–Kier alpha value is -1.80. The standard InChI is InChI=1S/C14H20O4/c1-5-8-9-18-13(15)11(4)10-12(6-2)14(16)17-7-3/h2,4-5,7-10H2,1,3H3. The van der Waals surface area contributed by atoms with Crippen LogP contribution in [0.3, 0.4) is 0 Å². The number of unbranched alkanes of at least 4 members (excludes halogenated alkanes) is 1. The second-order valence-corrected chi connectivity index (χ2v) is 3.65. The highest BCUT2D eigenvalue weighted by Gasteiger charge is 2.16. The van der Waals surface area contributed by atoms with Crippen LogP contribution in [0.15, 0.2) is 30.0 Å². The molecule has 0 spiro atoms. The Morgan fingerprint density at radius 1 is 1.17 bits per heavy atom. The lowest BCUT2D eigenvalue weighted by Gasteiger charge is -2.07. The third-order valence-electron chi connectivity index (χ3n) is 2.15. The van der Waals surface area contributed by atoms with Crippen molar-refractivity contribution >= 4 is 11.9 Å². The average molecular weight is 252 g/mol. The van der Waals surface area contributed by atoms with E-state index in [2.05, 4.69) is 18.9 Å². The van der Waals surface area contributed by atoms with E-state index in [-0.39, 0.29) is 24.2 Å². The number of carbonyl (C=O) groups excluding carboxylic acids is 2. The van der Waals surface area contributed by atoms with Crippen LogP contribution in [0.5, 0.6) is 0 Å². The lowest BCUT2D eigenvalue weighted by molar-refractivity contribution is -0.139. The molecule has 0 radical (unpaired) electrons. The lowest BCUT2D eigenvalue weighted by Crippen LogP contribution is -2.13. The second-order valence-electron chi connectivity index (χ2n) is 3.65. The van der Waals surface area contributed by atoms with Crippen LogP contribution in [0.2, 0.25) is 0 Å². The number of carbonyl (C=O) groups is 2. The summed E-state index contributed by atoms with van der Waals surface area (Å²) in [7, 11) is 0. The molecule has 0 aliphatic rings. The highest BCUT2D eigenvalue weighted by atomic mass is 16.5. The molecule has 100 valence electrons. The van der Waals surface area contributed by atoms with Crippen LogP contribution in [-0.2, 0) is 19.1 Å². The molecule has 0 aromatic carbocycles. The largest absolute Gasteiger partial charge is 0.462 e. The summed E-state index contributed by atoms with van der Waals surface area (Å²) >= 11 is 0. The van der Waals surface area contributed by atoms with E-state index in [1.54, 1.807) is 6.92 Å². The van der Waals surface area contributed by atoms with Gasteiger partial charge in [0.2, 0.25) is 0 Å². The molecule has 0 amide bonds. The molecule has 0 aliphatic heterocycles. The van der Waals surface area contributed by atoms with Crippen molar-refractivity contribution in [2.75, 3.05) is 13.2 Å². The zero-order valence-corrected chi connectivity index (χ0v) is 11.1. The summed E-state index contributed by atoms with van der Waals surface area (Å²) in [5, 5.41) is 0. The van der Waals surface area contributed by atoms with Gasteiger partial charge in [0.15, 0.2) is 0 Å². The molecule has 0 aromatic heterocycles. The molecule has 4 heteroatoms. The molecule has 18 heavy (non-hydrogen) atoms. The van der Waals surface area contributed by atoms with Crippen LogP contribution in [0.25, 0.3) is 0 Å². The van der Waals surface area contributed by atoms with E-state index in [0.29, 0.717) is 6.61 Å². The molecule has 0 atom stereocenters. The SMILES string of the molecule is C=C=C(CC(=C)C(=O)OCCCC)C(=O)OCC. The van der Waals surface area contributed by atoms with Gasteiger partial charge in [-0.1, -0.05) is 26.5 Å². The Morgan fingerprint density at radius 3 is 2.33 bits per heavy atom. The number of ether oxygens (including phenoxy) is 2. The predicted octanol–water partition coefficient (Wildman–Crippen LogP) is 2.55. The van der Waals surface area contributed by atoms with Crippen LogP contribution in [0.1, 0.15) is 33.1 Å². The van der Waals surface area contributed by atoms with E-state index >= 15 is 0 Å². The van der Waals surface area contributed by atoms with E-state index in [4.69, 9.17) is 9.47 Å². The van der Waals surface area contributed by atoms with Gasteiger partial charge in [0.25, 0.3) is 0 Å². The van der Waals surface area contributed by atoms with Gasteiger partial charge in [-0.05, 0) is 13.3 Å². The molecule has 0 heterocycles. The number of hydrogen-bond donors (Lipinski definition) is 0. The highest BCUT2D eigenvalue weighted by molar-refractivity contribution is 5.94. The summed E-state index contributed by atoms with van der Waals surface area (Å²) < 4.78 is 9.78. The molecular weight excluding hydrogens is 232 g/mol. The van der Waals surface area contributed by atoms with E-state index in [0.717, 1.165) is 12.8 Å². The molecule has 0 fully saturated rings. The van der Waals surface area contributed by atoms with Crippen molar-refractivity contribution in [1.29, 1.82) is 0 Å². The smallest absolute Gasteiger partial charge is 0.342 e. The van der Waals surface area contributed by atoms with Gasteiger partial charge in [0, 0.05) is 12.0 Å². The van der Waals surface area contributed by atoms with Crippen molar-refractivity contribution in [2.45, 2.75) is 33.1 Å². The first-order valence-corrected chi connectivity index (χ1v) is 5.97. The summed E-state index contributed by atoms with van der Waals surface area (Å²) in [6, 6.07) is 0. The third-order valence-corrected chi connectivity index (χ3v) is 2.15. The molecule has 0 N–H and O–H groups in total. The fourth-order valence-electron chi connectivity index (χ4n) is 1.12. The van der Waals surface area contributed by atoms with Crippen LogP contribution >= 0.6 is 0 Å². The quantitative estimate of drug-likeness (QED) is 0.288. The summed E-state index contributed by atoms with van der Waals surface area (Å²) in [6.07, 6.45) is 1.80. The molecule has 4 nitrogen and oxygen atoms in total. The van der Waals surface area contributed by atoms with E-state index in [9.17, 15) is 9.59 Å². The van der Waals surface area contributed by atoms with E-state index < -0.39 is 11.9 Å². The molecule has 0 saturated heterocycles. The van der Waals surface area contributed by atoms with Gasteiger partial charge >= 0.3 is 11.9 Å². The molecule has 0 saturated carbocycles. The first-order valence-electron chi connectivity index (χ1n) is 5.97. The number of hydrogen-bond acceptors (Lipinski definition) is 4. The number of rotatable bonds is 8. The molecule has 0 aromatic rings. The van der Waals surface area contributed by atoms with Crippen LogP contribution in [0, 0.1) is 0 Å². The van der Waals surface area contributed by atoms with Gasteiger partial charge < -0.3 is 9.47 Å². The maximum absolute atomic E-state index is 11.5. The van der Waals surface area contributed by atoms with Crippen molar-refractivity contribution in [1.82, 2.24) is 0 Å². The van der Waals surface area contributed by atoms with Crippen molar-refractivity contribution in [2.24, 2.45) is 0 Å². The Labute approximate surface area is 108 Å². The zero-order chi connectivity index (χ0) is 14.0. The van der Waals surface area contributed by atoms with Crippen molar-refractivity contribution in [3.63, 3.8) is 0 Å². The molecule has 0 unspecified atom stereocenters. The summed E-state index contributed by atoms with van der Waals surface area (Å²) in [5.74, 6) is -1.03. The molecule has 0 bridgehead atoms. The first kappa shape index (κ1) is 16.2. The zero-order valence-electron chi connectivity index (χ0n) is 11.1. The minimum absolute atomic E-state index is 0.0489. The number of esters is 2. The van der Waals surface area contributed by atoms with Crippen molar-refractivity contribution in [3.8, 4) is 0 Å². The summed E-state index contributed by atoms with van der Waals surface area (Å²) in [6.45, 7) is 11.3. The minimum Gasteiger partial charge on any atom is -0.462 e. The summed E-state index contributed by atoms with van der Waals surface area (Å²) in [5.41, 5.74) is 2.85. The normalized spacial score (nSPS) is 9.22. The highest BCUT2D eigenvalue weighted by Crippen LogP contribution is 2.11. The minimum atomic E-state index is -0.532. The van der Waals surface area contributed by atoms with Crippen molar-refractivity contribution in [3.05, 3.63) is 30.0 Å². The van der Waals surface area contributed by atoms with Crippen LogP contribution < -0.4 is 0 Å². The Kier molecular flexibility index (Phi) is 8.33. The molecular formula is C14H20O4. The predicted molar refractivity (Wildman–Crippen MR) is 68.9 cm³/mol. The molecule has 0 rings (SSSR count). The Morgan fingerprint density at radius 2 is 1.83 bits per heavy atom. The van der Waals surface area contributed by atoms with Crippen molar-refractivity contribution < 1.29 is 19.1 Å². The monoisotopic (exact) mass is 252 g/mol. The van der Waals surface area contributed by atoms with Gasteiger partial charge in [-0.3, -0.25) is 0 Å². The van der Waals surface area contributed by atoms with E-state index in [1.807, 2.05) is 6.92 Å². The first-order chi connectivity index (χ1) is 8.56. The lowest BCUT2D eigenvalue weighted by atomic mass is 10.1. The average Bonchev–Trinajstić information content (AvgIpc) is 2.35. The van der Waals surface area contributed by atoms with E-state index in [1.165, 1.54) is 0 Å². The van der Waals surface area contributed by atoms with Gasteiger partial charge in [-0.2, -0.15) is 0 Å². The summed E-state index contributed by atoms with van der Waals surface area (Å²) in [4.78, 5) is 23.0. The fourth-order valence-corrected chi connectivity index (χ4v) is 1.12. The Bertz CT molecular complexity index is 362. The third kappa shape index (κ3) is 6.06. The topological polar surface area (TPSA) is 52.6 Å².